The fraction of sp³-hybridized carbons (Fsp3) is 0.882. The lowest BCUT2D eigenvalue weighted by atomic mass is 10.0. The first-order valence-electron chi connectivity index (χ1n) is 8.59. The number of rotatable bonds is 8. The number of carbonyl (C=O) groups is 2. The molecule has 0 aromatic heterocycles. The van der Waals surface area contributed by atoms with Gasteiger partial charge in [-0.05, 0) is 39.7 Å². The van der Waals surface area contributed by atoms with Gasteiger partial charge in [-0.1, -0.05) is 32.6 Å². The van der Waals surface area contributed by atoms with Gasteiger partial charge in [0.1, 0.15) is 5.78 Å². The lowest BCUT2D eigenvalue weighted by Gasteiger charge is -2.34. The van der Waals surface area contributed by atoms with E-state index >= 15 is 0 Å². The van der Waals surface area contributed by atoms with Crippen LogP contribution < -0.4 is 5.32 Å². The molecule has 1 aliphatic heterocycles. The maximum atomic E-state index is 12.3. The molecule has 2 unspecified atom stereocenters. The van der Waals surface area contributed by atoms with Crippen molar-refractivity contribution in [2.75, 3.05) is 13.1 Å². The van der Waals surface area contributed by atoms with Crippen molar-refractivity contribution in [2.24, 2.45) is 0 Å². The lowest BCUT2D eigenvalue weighted by Crippen LogP contribution is -2.50. The monoisotopic (exact) mass is 296 g/mol. The van der Waals surface area contributed by atoms with Crippen LogP contribution in [-0.4, -0.2) is 41.8 Å². The van der Waals surface area contributed by atoms with E-state index < -0.39 is 0 Å². The second-order valence-electron chi connectivity index (χ2n) is 6.32. The van der Waals surface area contributed by atoms with Crippen LogP contribution in [0.2, 0.25) is 0 Å². The molecule has 122 valence electrons. The third-order valence-corrected chi connectivity index (χ3v) is 4.40. The van der Waals surface area contributed by atoms with Crippen LogP contribution >= 0.6 is 0 Å². The first kappa shape index (κ1) is 18.1. The summed E-state index contributed by atoms with van der Waals surface area (Å²) in [4.78, 5) is 26.0. The molecule has 0 aliphatic carbocycles. The van der Waals surface area contributed by atoms with E-state index in [1.54, 1.807) is 6.92 Å². The molecule has 0 aromatic rings. The van der Waals surface area contributed by atoms with Gasteiger partial charge in [-0.15, -0.1) is 0 Å². The molecule has 1 fully saturated rings. The number of unbranched alkanes of at least 4 members (excludes halogenated alkanes) is 2. The molecule has 1 heterocycles. The van der Waals surface area contributed by atoms with Crippen molar-refractivity contribution < 1.29 is 9.59 Å². The zero-order valence-corrected chi connectivity index (χ0v) is 14.0. The van der Waals surface area contributed by atoms with E-state index in [2.05, 4.69) is 17.1 Å². The number of hydrogen-bond donors (Lipinski definition) is 1. The smallest absolute Gasteiger partial charge is 0.237 e. The summed E-state index contributed by atoms with van der Waals surface area (Å²) in [5.74, 6) is 0.337. The van der Waals surface area contributed by atoms with Gasteiger partial charge in [-0.2, -0.15) is 0 Å². The molecular weight excluding hydrogens is 264 g/mol. The second kappa shape index (κ2) is 9.93. The summed E-state index contributed by atoms with van der Waals surface area (Å²) in [5.41, 5.74) is 0. The Morgan fingerprint density at radius 2 is 2.00 bits per heavy atom. The fourth-order valence-corrected chi connectivity index (χ4v) is 3.15. The van der Waals surface area contributed by atoms with E-state index in [4.69, 9.17) is 0 Å². The first-order chi connectivity index (χ1) is 10.1. The minimum atomic E-state index is -0.130. The Hall–Kier alpha value is -0.900. The topological polar surface area (TPSA) is 49.4 Å². The highest BCUT2D eigenvalue weighted by molar-refractivity contribution is 5.81. The van der Waals surface area contributed by atoms with Gasteiger partial charge in [0.2, 0.25) is 5.91 Å². The second-order valence-corrected chi connectivity index (χ2v) is 6.32. The van der Waals surface area contributed by atoms with E-state index in [-0.39, 0.29) is 23.8 Å². The molecule has 2 atom stereocenters. The van der Waals surface area contributed by atoms with Gasteiger partial charge in [0, 0.05) is 19.0 Å². The molecule has 1 saturated heterocycles. The zero-order chi connectivity index (χ0) is 15.7. The molecule has 1 amide bonds. The van der Waals surface area contributed by atoms with Crippen LogP contribution in [0.15, 0.2) is 0 Å². The van der Waals surface area contributed by atoms with Crippen molar-refractivity contribution in [1.82, 2.24) is 10.2 Å². The van der Waals surface area contributed by atoms with Crippen molar-refractivity contribution in [3.63, 3.8) is 0 Å². The highest BCUT2D eigenvalue weighted by atomic mass is 16.2. The van der Waals surface area contributed by atoms with Gasteiger partial charge in [-0.3, -0.25) is 14.5 Å². The average molecular weight is 296 g/mol. The van der Waals surface area contributed by atoms with E-state index in [0.29, 0.717) is 6.42 Å². The minimum absolute atomic E-state index is 0.113. The van der Waals surface area contributed by atoms with Gasteiger partial charge < -0.3 is 5.32 Å². The van der Waals surface area contributed by atoms with Crippen molar-refractivity contribution in [3.8, 4) is 0 Å². The Morgan fingerprint density at radius 3 is 2.67 bits per heavy atom. The zero-order valence-electron chi connectivity index (χ0n) is 14.0. The van der Waals surface area contributed by atoms with Gasteiger partial charge in [0.15, 0.2) is 0 Å². The van der Waals surface area contributed by atoms with E-state index in [0.717, 1.165) is 45.2 Å². The summed E-state index contributed by atoms with van der Waals surface area (Å²) in [6.07, 6.45) is 8.48. The summed E-state index contributed by atoms with van der Waals surface area (Å²) in [6, 6.07) is 0.107. The number of nitrogens with zero attached hydrogens (tertiary/aromatic N) is 1. The number of likely N-dealkylation sites (tertiary alicyclic amines) is 1. The highest BCUT2D eigenvalue weighted by Gasteiger charge is 2.29. The standard InChI is InChI=1S/C17H32N2O2/c1-4-5-8-11-18-17(21)15(3)19-12-9-6-7-10-16(19)13-14(2)20/h15-16H,4-13H2,1-3H3,(H,18,21). The van der Waals surface area contributed by atoms with Crippen LogP contribution in [0.4, 0.5) is 0 Å². The van der Waals surface area contributed by atoms with Crippen molar-refractivity contribution in [2.45, 2.75) is 84.2 Å². The van der Waals surface area contributed by atoms with Crippen molar-refractivity contribution in [3.05, 3.63) is 0 Å². The van der Waals surface area contributed by atoms with Crippen LogP contribution in [0.25, 0.3) is 0 Å². The number of nitrogens with one attached hydrogen (secondary N) is 1. The van der Waals surface area contributed by atoms with Crippen LogP contribution in [0, 0.1) is 0 Å². The maximum absolute atomic E-state index is 12.3. The molecule has 21 heavy (non-hydrogen) atoms. The van der Waals surface area contributed by atoms with E-state index in [9.17, 15) is 9.59 Å². The van der Waals surface area contributed by atoms with Gasteiger partial charge in [0.25, 0.3) is 0 Å². The maximum Gasteiger partial charge on any atom is 0.237 e. The number of ketones is 1. The number of carbonyl (C=O) groups excluding carboxylic acids is 2. The predicted octanol–water partition coefficient (Wildman–Crippen LogP) is 2.91. The highest BCUT2D eigenvalue weighted by Crippen LogP contribution is 2.22. The first-order valence-corrected chi connectivity index (χ1v) is 8.59. The van der Waals surface area contributed by atoms with Crippen LogP contribution in [0.1, 0.15) is 72.1 Å². The molecule has 1 N–H and O–H groups in total. The van der Waals surface area contributed by atoms with Crippen LogP contribution in [0.5, 0.6) is 0 Å². The molecule has 0 radical (unpaired) electrons. The van der Waals surface area contributed by atoms with Gasteiger partial charge in [-0.25, -0.2) is 0 Å². The molecule has 4 heteroatoms. The largest absolute Gasteiger partial charge is 0.355 e. The summed E-state index contributed by atoms with van der Waals surface area (Å²) in [6.45, 7) is 7.49. The Bertz CT molecular complexity index is 331. The van der Waals surface area contributed by atoms with Gasteiger partial charge >= 0.3 is 0 Å². The molecule has 0 spiro atoms. The molecule has 0 bridgehead atoms. The van der Waals surface area contributed by atoms with Gasteiger partial charge in [0.05, 0.1) is 6.04 Å². The third kappa shape index (κ3) is 6.60. The summed E-state index contributed by atoms with van der Waals surface area (Å²) >= 11 is 0. The minimum Gasteiger partial charge on any atom is -0.355 e. The predicted molar refractivity (Wildman–Crippen MR) is 86.3 cm³/mol. The fourth-order valence-electron chi connectivity index (χ4n) is 3.15. The van der Waals surface area contributed by atoms with Crippen molar-refractivity contribution in [1.29, 1.82) is 0 Å². The van der Waals surface area contributed by atoms with Crippen LogP contribution in [0.3, 0.4) is 0 Å². The van der Waals surface area contributed by atoms with E-state index in [1.165, 1.54) is 12.8 Å². The average Bonchev–Trinajstić information content (AvgIpc) is 2.67. The molecule has 1 aliphatic rings. The lowest BCUT2D eigenvalue weighted by molar-refractivity contribution is -0.128. The molecule has 0 aromatic carbocycles. The van der Waals surface area contributed by atoms with E-state index in [1.807, 2.05) is 6.92 Å². The molecule has 1 rings (SSSR count). The Morgan fingerprint density at radius 1 is 1.24 bits per heavy atom. The summed E-state index contributed by atoms with van der Waals surface area (Å²) < 4.78 is 0. The Labute approximate surface area is 129 Å². The van der Waals surface area contributed by atoms with Crippen molar-refractivity contribution >= 4 is 11.7 Å². The Balaban J connectivity index is 2.55. The molecule has 0 saturated carbocycles. The normalized spacial score (nSPS) is 21.6. The SMILES string of the molecule is CCCCCNC(=O)C(C)N1CCCCCC1CC(C)=O. The summed E-state index contributed by atoms with van der Waals surface area (Å²) in [7, 11) is 0. The Kier molecular flexibility index (Phi) is 8.58. The van der Waals surface area contributed by atoms with Crippen LogP contribution in [-0.2, 0) is 9.59 Å². The number of Topliss-reactive ketones (excluding diaryl/α,β-unsaturated/α-hetero) is 1. The summed E-state index contributed by atoms with van der Waals surface area (Å²) in [5, 5.41) is 3.04. The number of amides is 1. The molecular formula is C17H32N2O2. The molecule has 4 nitrogen and oxygen atoms in total. The number of hydrogen-bond acceptors (Lipinski definition) is 3. The quantitative estimate of drug-likeness (QED) is 0.701. The third-order valence-electron chi connectivity index (χ3n) is 4.40.